The Hall–Kier alpha value is -0.0300. The van der Waals surface area contributed by atoms with Gasteiger partial charge in [-0.15, -0.1) is 0 Å². The smallest absolute Gasteiger partial charge is 0.106 e. The standard InChI is InChI=1S/C7H13OP/c1-6-4-9(3,8)5-7(6)2/h4,7H,5H2,1-3H3. The van der Waals surface area contributed by atoms with Crippen LogP contribution in [-0.4, -0.2) is 12.8 Å². The van der Waals surface area contributed by atoms with Crippen molar-refractivity contribution < 1.29 is 4.57 Å². The van der Waals surface area contributed by atoms with Crippen molar-refractivity contribution in [3.63, 3.8) is 0 Å². The largest absolute Gasteiger partial charge is 0.319 e. The average molecular weight is 144 g/mol. The van der Waals surface area contributed by atoms with Gasteiger partial charge in [0.05, 0.1) is 0 Å². The molecule has 1 aliphatic heterocycles. The highest BCUT2D eigenvalue weighted by molar-refractivity contribution is 7.66. The first-order valence-electron chi connectivity index (χ1n) is 3.27. The van der Waals surface area contributed by atoms with Gasteiger partial charge >= 0.3 is 0 Å². The number of allylic oxidation sites excluding steroid dienone is 1. The summed E-state index contributed by atoms with van der Waals surface area (Å²) >= 11 is 0. The number of hydrogen-bond acceptors (Lipinski definition) is 1. The highest BCUT2D eigenvalue weighted by atomic mass is 31.2. The molecule has 0 aromatic carbocycles. The first-order valence-corrected chi connectivity index (χ1v) is 5.68. The Bertz CT molecular complexity index is 193. The number of rotatable bonds is 0. The first kappa shape index (κ1) is 7.08. The number of hydrogen-bond donors (Lipinski definition) is 0. The Balaban J connectivity index is 2.87. The highest BCUT2D eigenvalue weighted by Gasteiger charge is 2.24. The van der Waals surface area contributed by atoms with Gasteiger partial charge in [-0.05, 0) is 25.3 Å². The lowest BCUT2D eigenvalue weighted by atomic mass is 10.1. The van der Waals surface area contributed by atoms with Crippen molar-refractivity contribution in [3.8, 4) is 0 Å². The van der Waals surface area contributed by atoms with Gasteiger partial charge in [-0.25, -0.2) is 0 Å². The molecule has 1 aliphatic rings. The van der Waals surface area contributed by atoms with Gasteiger partial charge in [0.25, 0.3) is 0 Å². The van der Waals surface area contributed by atoms with Gasteiger partial charge in [0.2, 0.25) is 0 Å². The summed E-state index contributed by atoms with van der Waals surface area (Å²) in [6.07, 6.45) is 0.888. The molecule has 0 spiro atoms. The quantitative estimate of drug-likeness (QED) is 0.477. The Morgan fingerprint density at radius 3 is 2.44 bits per heavy atom. The summed E-state index contributed by atoms with van der Waals surface area (Å²) in [7, 11) is -1.82. The van der Waals surface area contributed by atoms with Crippen LogP contribution >= 0.6 is 7.14 Å². The van der Waals surface area contributed by atoms with E-state index in [1.165, 1.54) is 5.57 Å². The van der Waals surface area contributed by atoms with Gasteiger partial charge in [-0.3, -0.25) is 0 Å². The van der Waals surface area contributed by atoms with E-state index in [1.807, 2.05) is 12.5 Å². The summed E-state index contributed by atoms with van der Waals surface area (Å²) in [5, 5.41) is 0. The van der Waals surface area contributed by atoms with Crippen molar-refractivity contribution in [2.75, 3.05) is 12.8 Å². The monoisotopic (exact) mass is 144 g/mol. The Kier molecular flexibility index (Phi) is 1.56. The molecule has 0 aromatic rings. The minimum atomic E-state index is -1.82. The molecule has 0 amide bonds. The van der Waals surface area contributed by atoms with Crippen LogP contribution in [0.15, 0.2) is 11.4 Å². The van der Waals surface area contributed by atoms with E-state index in [2.05, 4.69) is 13.8 Å². The van der Waals surface area contributed by atoms with E-state index in [-0.39, 0.29) is 0 Å². The van der Waals surface area contributed by atoms with Crippen molar-refractivity contribution in [1.82, 2.24) is 0 Å². The molecule has 2 unspecified atom stereocenters. The molecule has 9 heavy (non-hydrogen) atoms. The highest BCUT2D eigenvalue weighted by Crippen LogP contribution is 2.52. The molecule has 2 atom stereocenters. The van der Waals surface area contributed by atoms with Gasteiger partial charge in [-0.2, -0.15) is 0 Å². The van der Waals surface area contributed by atoms with Crippen LogP contribution in [0.5, 0.6) is 0 Å². The van der Waals surface area contributed by atoms with Crippen LogP contribution in [0.4, 0.5) is 0 Å². The summed E-state index contributed by atoms with van der Waals surface area (Å²) < 4.78 is 11.4. The first-order chi connectivity index (χ1) is 4.01. The molecular weight excluding hydrogens is 131 g/mol. The lowest BCUT2D eigenvalue weighted by molar-refractivity contribution is 0.582. The van der Waals surface area contributed by atoms with E-state index >= 15 is 0 Å². The fraction of sp³-hybridized carbons (Fsp3) is 0.714. The normalized spacial score (nSPS) is 43.0. The van der Waals surface area contributed by atoms with Crippen LogP contribution in [0.3, 0.4) is 0 Å². The minimum Gasteiger partial charge on any atom is -0.319 e. The molecule has 1 heterocycles. The van der Waals surface area contributed by atoms with Crippen molar-refractivity contribution in [3.05, 3.63) is 11.4 Å². The van der Waals surface area contributed by atoms with Gasteiger partial charge in [0.15, 0.2) is 0 Å². The summed E-state index contributed by atoms with van der Waals surface area (Å²) in [4.78, 5) is 0. The van der Waals surface area contributed by atoms with Crippen molar-refractivity contribution in [1.29, 1.82) is 0 Å². The van der Waals surface area contributed by atoms with E-state index in [0.717, 1.165) is 6.16 Å². The van der Waals surface area contributed by atoms with Crippen LogP contribution in [0.25, 0.3) is 0 Å². The fourth-order valence-electron chi connectivity index (χ4n) is 1.30. The second-order valence-corrected chi connectivity index (χ2v) is 6.10. The van der Waals surface area contributed by atoms with Gasteiger partial charge in [0, 0.05) is 6.16 Å². The molecule has 0 N–H and O–H groups in total. The Morgan fingerprint density at radius 2 is 2.33 bits per heavy atom. The Morgan fingerprint density at radius 1 is 1.78 bits per heavy atom. The predicted molar refractivity (Wildman–Crippen MR) is 41.3 cm³/mol. The molecule has 2 heteroatoms. The molecule has 0 saturated heterocycles. The third-order valence-corrected chi connectivity index (χ3v) is 4.12. The third kappa shape index (κ3) is 1.46. The van der Waals surface area contributed by atoms with Crippen LogP contribution in [-0.2, 0) is 4.57 Å². The predicted octanol–water partition coefficient (Wildman–Crippen LogP) is 2.53. The molecule has 0 radical (unpaired) electrons. The zero-order chi connectivity index (χ0) is 7.07. The van der Waals surface area contributed by atoms with Gasteiger partial charge < -0.3 is 4.57 Å². The second-order valence-electron chi connectivity index (χ2n) is 3.13. The molecule has 0 aliphatic carbocycles. The summed E-state index contributed by atoms with van der Waals surface area (Å²) in [6, 6.07) is 0. The topological polar surface area (TPSA) is 17.1 Å². The van der Waals surface area contributed by atoms with E-state index < -0.39 is 7.14 Å². The maximum atomic E-state index is 11.4. The minimum absolute atomic E-state index is 0.556. The lowest BCUT2D eigenvalue weighted by Crippen LogP contribution is -1.93. The molecule has 1 rings (SSSR count). The van der Waals surface area contributed by atoms with Crippen molar-refractivity contribution in [2.45, 2.75) is 13.8 Å². The zero-order valence-electron chi connectivity index (χ0n) is 6.22. The molecule has 0 saturated carbocycles. The Labute approximate surface area is 56.5 Å². The molecule has 1 nitrogen and oxygen atoms in total. The lowest BCUT2D eigenvalue weighted by Gasteiger charge is -2.02. The van der Waals surface area contributed by atoms with Gasteiger partial charge in [0.1, 0.15) is 7.14 Å². The van der Waals surface area contributed by atoms with E-state index in [0.29, 0.717) is 5.92 Å². The fourth-order valence-corrected chi connectivity index (χ4v) is 3.90. The molecule has 0 fully saturated rings. The second kappa shape index (κ2) is 1.98. The molecule has 0 aromatic heterocycles. The van der Waals surface area contributed by atoms with Crippen LogP contribution in [0, 0.1) is 5.92 Å². The van der Waals surface area contributed by atoms with E-state index in [9.17, 15) is 4.57 Å². The van der Waals surface area contributed by atoms with Crippen LogP contribution in [0.2, 0.25) is 0 Å². The molecular formula is C7H13OP. The van der Waals surface area contributed by atoms with E-state index in [4.69, 9.17) is 0 Å². The average Bonchev–Trinajstić information content (AvgIpc) is 1.79. The van der Waals surface area contributed by atoms with Crippen LogP contribution in [0.1, 0.15) is 13.8 Å². The summed E-state index contributed by atoms with van der Waals surface area (Å²) in [5.74, 6) is 2.51. The maximum absolute atomic E-state index is 11.4. The maximum Gasteiger partial charge on any atom is 0.106 e. The zero-order valence-corrected chi connectivity index (χ0v) is 7.11. The molecule has 52 valence electrons. The van der Waals surface area contributed by atoms with Crippen molar-refractivity contribution >= 4 is 7.14 Å². The van der Waals surface area contributed by atoms with Crippen LogP contribution < -0.4 is 0 Å². The SMILES string of the molecule is CC1=CP(C)(=O)CC1C. The van der Waals surface area contributed by atoms with Gasteiger partial charge in [-0.1, -0.05) is 12.5 Å². The summed E-state index contributed by atoms with van der Waals surface area (Å²) in [6.45, 7) is 6.06. The third-order valence-electron chi connectivity index (χ3n) is 1.89. The molecule has 0 bridgehead atoms. The van der Waals surface area contributed by atoms with E-state index in [1.54, 1.807) is 0 Å². The van der Waals surface area contributed by atoms with Crippen molar-refractivity contribution in [2.24, 2.45) is 5.92 Å². The summed E-state index contributed by atoms with van der Waals surface area (Å²) in [5.41, 5.74) is 1.31.